The molecule has 2 aromatic rings. The summed E-state index contributed by atoms with van der Waals surface area (Å²) in [5.74, 6) is 0.708. The molecule has 0 radical (unpaired) electrons. The van der Waals surface area contributed by atoms with E-state index in [9.17, 15) is 0 Å². The van der Waals surface area contributed by atoms with Crippen LogP contribution in [0.3, 0.4) is 0 Å². The number of hydrogen-bond acceptors (Lipinski definition) is 4. The van der Waals surface area contributed by atoms with Gasteiger partial charge in [0.25, 0.3) is 0 Å². The Bertz CT molecular complexity index is 602. The molecule has 0 spiro atoms. The van der Waals surface area contributed by atoms with Gasteiger partial charge in [-0.25, -0.2) is 0 Å². The third-order valence-electron chi connectivity index (χ3n) is 2.83. The molecule has 0 saturated heterocycles. The Morgan fingerprint density at radius 1 is 1.47 bits per heavy atom. The third kappa shape index (κ3) is 3.13. The molecule has 1 aromatic carbocycles. The minimum atomic E-state index is 0.434. The van der Waals surface area contributed by atoms with Crippen LogP contribution in [0.1, 0.15) is 23.6 Å². The van der Waals surface area contributed by atoms with Gasteiger partial charge in [-0.3, -0.25) is 4.68 Å². The average Bonchev–Trinajstić information content (AvgIpc) is 2.81. The fourth-order valence-corrected chi connectivity index (χ4v) is 1.81. The van der Waals surface area contributed by atoms with E-state index in [0.717, 1.165) is 16.7 Å². The zero-order valence-electron chi connectivity index (χ0n) is 11.3. The molecule has 0 atom stereocenters. The molecule has 100 valence electrons. The zero-order chi connectivity index (χ0) is 13.8. The lowest BCUT2D eigenvalue weighted by Gasteiger charge is -2.11. The maximum atomic E-state index is 8.89. The zero-order valence-corrected chi connectivity index (χ0v) is 11.3. The molecule has 1 heterocycles. The Kier molecular flexibility index (Phi) is 3.85. The van der Waals surface area contributed by atoms with Crippen LogP contribution in [0, 0.1) is 6.92 Å². The van der Waals surface area contributed by atoms with Crippen LogP contribution >= 0.6 is 0 Å². The maximum Gasteiger partial charge on any atom is 0.129 e. The molecule has 0 bridgehead atoms. The summed E-state index contributed by atoms with van der Waals surface area (Å²) in [6.45, 7) is 4.16. The number of hydrogen-bond donors (Lipinski definition) is 1. The van der Waals surface area contributed by atoms with E-state index in [0.29, 0.717) is 18.1 Å². The summed E-state index contributed by atoms with van der Waals surface area (Å²) in [4.78, 5) is 0. The first-order valence-electron chi connectivity index (χ1n) is 6.00. The van der Waals surface area contributed by atoms with Crippen molar-refractivity contribution in [3.05, 3.63) is 47.3 Å². The van der Waals surface area contributed by atoms with Crippen LogP contribution in [-0.2, 0) is 13.7 Å². The van der Waals surface area contributed by atoms with E-state index in [1.165, 1.54) is 0 Å². The van der Waals surface area contributed by atoms with Crippen LogP contribution in [0.5, 0.6) is 5.75 Å². The number of nitrogens with zero attached hydrogens (tertiary/aromatic N) is 3. The van der Waals surface area contributed by atoms with Crippen molar-refractivity contribution >= 4 is 5.71 Å². The summed E-state index contributed by atoms with van der Waals surface area (Å²) in [6.07, 6.45) is 3.67. The van der Waals surface area contributed by atoms with E-state index in [-0.39, 0.29) is 0 Å². The number of oxime groups is 1. The Labute approximate surface area is 112 Å². The second kappa shape index (κ2) is 5.56. The predicted octanol–water partition coefficient (Wildman–Crippen LogP) is 2.51. The molecule has 5 heteroatoms. The fourth-order valence-electron chi connectivity index (χ4n) is 1.81. The van der Waals surface area contributed by atoms with E-state index in [4.69, 9.17) is 9.94 Å². The summed E-state index contributed by atoms with van der Waals surface area (Å²) in [5.41, 5.74) is 3.40. The van der Waals surface area contributed by atoms with Gasteiger partial charge in [0.2, 0.25) is 0 Å². The van der Waals surface area contributed by atoms with Crippen molar-refractivity contribution in [2.24, 2.45) is 12.2 Å². The Morgan fingerprint density at radius 3 is 2.89 bits per heavy atom. The van der Waals surface area contributed by atoms with Gasteiger partial charge >= 0.3 is 0 Å². The quantitative estimate of drug-likeness (QED) is 0.521. The van der Waals surface area contributed by atoms with Gasteiger partial charge in [-0.2, -0.15) is 5.10 Å². The first-order chi connectivity index (χ1) is 9.10. The van der Waals surface area contributed by atoms with Crippen LogP contribution in [-0.4, -0.2) is 20.7 Å². The average molecular weight is 259 g/mol. The molecule has 2 rings (SSSR count). The second-order valence-corrected chi connectivity index (χ2v) is 4.50. The lowest BCUT2D eigenvalue weighted by atomic mass is 10.1. The summed E-state index contributed by atoms with van der Waals surface area (Å²) in [5, 5.41) is 16.2. The highest BCUT2D eigenvalue weighted by molar-refractivity contribution is 6.00. The third-order valence-corrected chi connectivity index (χ3v) is 2.83. The molecule has 0 fully saturated rings. The van der Waals surface area contributed by atoms with Gasteiger partial charge in [0, 0.05) is 24.4 Å². The van der Waals surface area contributed by atoms with Crippen molar-refractivity contribution in [3.63, 3.8) is 0 Å². The number of aryl methyl sites for hydroxylation is 2. The predicted molar refractivity (Wildman–Crippen MR) is 72.7 cm³/mol. The first-order valence-corrected chi connectivity index (χ1v) is 6.00. The highest BCUT2D eigenvalue weighted by Gasteiger charge is 2.08. The summed E-state index contributed by atoms with van der Waals surface area (Å²) < 4.78 is 7.53. The lowest BCUT2D eigenvalue weighted by molar-refractivity contribution is 0.303. The fraction of sp³-hybridized carbons (Fsp3) is 0.286. The first kappa shape index (κ1) is 13.1. The standard InChI is InChI=1S/C14H17N3O2/c1-10-4-5-13(11(2)16-18)14(6-10)19-9-12-7-15-17(3)8-12/h4-8,18H,9H2,1-3H3. The molecule has 19 heavy (non-hydrogen) atoms. The molecule has 0 amide bonds. The van der Waals surface area contributed by atoms with Crippen molar-refractivity contribution in [2.45, 2.75) is 20.5 Å². The molecular formula is C14H17N3O2. The maximum absolute atomic E-state index is 8.89. The highest BCUT2D eigenvalue weighted by atomic mass is 16.5. The van der Waals surface area contributed by atoms with Crippen LogP contribution in [0.4, 0.5) is 0 Å². The van der Waals surface area contributed by atoms with E-state index < -0.39 is 0 Å². The minimum Gasteiger partial charge on any atom is -0.488 e. The van der Waals surface area contributed by atoms with Crippen molar-refractivity contribution in [1.82, 2.24) is 9.78 Å². The largest absolute Gasteiger partial charge is 0.488 e. The molecule has 0 unspecified atom stereocenters. The van der Waals surface area contributed by atoms with Crippen molar-refractivity contribution < 1.29 is 9.94 Å². The van der Waals surface area contributed by atoms with E-state index in [1.807, 2.05) is 38.4 Å². The van der Waals surface area contributed by atoms with Gasteiger partial charge < -0.3 is 9.94 Å². The van der Waals surface area contributed by atoms with Gasteiger partial charge in [-0.05, 0) is 31.5 Å². The molecule has 5 nitrogen and oxygen atoms in total. The highest BCUT2D eigenvalue weighted by Crippen LogP contribution is 2.22. The normalized spacial score (nSPS) is 11.6. The molecule has 0 aliphatic carbocycles. The molecule has 1 aromatic heterocycles. The number of ether oxygens (including phenoxy) is 1. The van der Waals surface area contributed by atoms with E-state index in [1.54, 1.807) is 17.8 Å². The number of aromatic nitrogens is 2. The van der Waals surface area contributed by atoms with Gasteiger partial charge in [0.1, 0.15) is 12.4 Å². The summed E-state index contributed by atoms with van der Waals surface area (Å²) in [6, 6.07) is 5.78. The van der Waals surface area contributed by atoms with Crippen LogP contribution in [0.25, 0.3) is 0 Å². The Balaban J connectivity index is 2.21. The van der Waals surface area contributed by atoms with E-state index >= 15 is 0 Å². The monoisotopic (exact) mass is 259 g/mol. The summed E-state index contributed by atoms with van der Waals surface area (Å²) in [7, 11) is 1.87. The molecule has 0 aliphatic heterocycles. The van der Waals surface area contributed by atoms with Crippen molar-refractivity contribution in [1.29, 1.82) is 0 Å². The van der Waals surface area contributed by atoms with Crippen LogP contribution in [0.2, 0.25) is 0 Å². The molecule has 1 N–H and O–H groups in total. The number of rotatable bonds is 4. The van der Waals surface area contributed by atoms with Gasteiger partial charge in [0.05, 0.1) is 11.9 Å². The van der Waals surface area contributed by atoms with Gasteiger partial charge in [-0.1, -0.05) is 11.2 Å². The molecule has 0 saturated carbocycles. The Hall–Kier alpha value is -2.30. The minimum absolute atomic E-state index is 0.434. The molecule has 0 aliphatic rings. The Morgan fingerprint density at radius 2 is 2.26 bits per heavy atom. The number of benzene rings is 1. The smallest absolute Gasteiger partial charge is 0.129 e. The van der Waals surface area contributed by atoms with Gasteiger partial charge in [0.15, 0.2) is 0 Å². The molecular weight excluding hydrogens is 242 g/mol. The van der Waals surface area contributed by atoms with E-state index in [2.05, 4.69) is 10.3 Å². The topological polar surface area (TPSA) is 59.6 Å². The summed E-state index contributed by atoms with van der Waals surface area (Å²) >= 11 is 0. The SMILES string of the molecule is CC(=NO)c1ccc(C)cc1OCc1cnn(C)c1. The second-order valence-electron chi connectivity index (χ2n) is 4.50. The van der Waals surface area contributed by atoms with Crippen molar-refractivity contribution in [2.75, 3.05) is 0 Å². The van der Waals surface area contributed by atoms with Gasteiger partial charge in [-0.15, -0.1) is 0 Å². The van der Waals surface area contributed by atoms with Crippen LogP contribution < -0.4 is 4.74 Å². The van der Waals surface area contributed by atoms with Crippen molar-refractivity contribution in [3.8, 4) is 5.75 Å². The lowest BCUT2D eigenvalue weighted by Crippen LogP contribution is -2.02. The van der Waals surface area contributed by atoms with Crippen LogP contribution in [0.15, 0.2) is 35.7 Å².